The van der Waals surface area contributed by atoms with Crippen molar-refractivity contribution >= 4 is 49.7 Å². The van der Waals surface area contributed by atoms with Gasteiger partial charge < -0.3 is 4.42 Å². The number of fused-ring (bicyclic) bond motifs is 7. The molecular formula is C46H30N2O. The molecule has 49 heavy (non-hydrogen) atoms. The minimum absolute atomic E-state index is 0.700. The molecule has 0 saturated heterocycles. The molecule has 0 spiro atoms. The molecule has 230 valence electrons. The number of allylic oxidation sites excluding steroid dienone is 1. The van der Waals surface area contributed by atoms with Gasteiger partial charge in [0.15, 0.2) is 5.82 Å². The van der Waals surface area contributed by atoms with Crippen LogP contribution in [-0.2, 0) is 6.42 Å². The van der Waals surface area contributed by atoms with E-state index in [0.717, 1.165) is 73.3 Å². The normalized spacial score (nSPS) is 12.7. The summed E-state index contributed by atoms with van der Waals surface area (Å²) in [5.41, 5.74) is 13.1. The zero-order valence-electron chi connectivity index (χ0n) is 26.7. The number of hydrogen-bond donors (Lipinski definition) is 0. The van der Waals surface area contributed by atoms with E-state index >= 15 is 0 Å². The lowest BCUT2D eigenvalue weighted by molar-refractivity contribution is 0.673. The minimum Gasteiger partial charge on any atom is -0.455 e. The van der Waals surface area contributed by atoms with Gasteiger partial charge in [0, 0.05) is 32.7 Å². The molecule has 1 aliphatic rings. The molecule has 7 aromatic carbocycles. The Morgan fingerprint density at radius 3 is 2.12 bits per heavy atom. The third-order valence-corrected chi connectivity index (χ3v) is 9.94. The Bertz CT molecular complexity index is 2760. The van der Waals surface area contributed by atoms with E-state index in [-0.39, 0.29) is 0 Å². The molecule has 2 heterocycles. The van der Waals surface area contributed by atoms with E-state index in [9.17, 15) is 0 Å². The third kappa shape index (κ3) is 4.58. The van der Waals surface area contributed by atoms with Crippen LogP contribution in [0.2, 0.25) is 0 Å². The van der Waals surface area contributed by atoms with Gasteiger partial charge in [-0.25, -0.2) is 9.97 Å². The van der Waals surface area contributed by atoms with Crippen LogP contribution < -0.4 is 0 Å². The maximum Gasteiger partial charge on any atom is 0.161 e. The quantitative estimate of drug-likeness (QED) is 0.195. The second-order valence-electron chi connectivity index (χ2n) is 12.8. The first-order valence-electron chi connectivity index (χ1n) is 16.9. The van der Waals surface area contributed by atoms with Gasteiger partial charge in [0.25, 0.3) is 0 Å². The molecule has 0 saturated carbocycles. The molecule has 0 amide bonds. The monoisotopic (exact) mass is 626 g/mol. The van der Waals surface area contributed by atoms with Gasteiger partial charge in [0.05, 0.1) is 11.2 Å². The van der Waals surface area contributed by atoms with Crippen LogP contribution in [0.4, 0.5) is 0 Å². The van der Waals surface area contributed by atoms with Crippen LogP contribution in [-0.4, -0.2) is 9.97 Å². The summed E-state index contributed by atoms with van der Waals surface area (Å²) in [5.74, 6) is 0.700. The third-order valence-electron chi connectivity index (χ3n) is 9.94. The van der Waals surface area contributed by atoms with E-state index in [1.807, 2.05) is 12.1 Å². The van der Waals surface area contributed by atoms with Crippen LogP contribution in [0, 0.1) is 0 Å². The van der Waals surface area contributed by atoms with Crippen LogP contribution in [0.3, 0.4) is 0 Å². The number of furan rings is 1. The molecule has 9 aromatic rings. The van der Waals surface area contributed by atoms with Crippen molar-refractivity contribution in [2.75, 3.05) is 0 Å². The zero-order valence-corrected chi connectivity index (χ0v) is 26.7. The Labute approximate surface area is 283 Å². The molecule has 0 unspecified atom stereocenters. The molecule has 10 rings (SSSR count). The number of rotatable bonds is 4. The molecular weight excluding hydrogens is 597 g/mol. The fourth-order valence-corrected chi connectivity index (χ4v) is 7.54. The summed E-state index contributed by atoms with van der Waals surface area (Å²) in [6, 6.07) is 51.5. The van der Waals surface area contributed by atoms with Crippen molar-refractivity contribution in [3.8, 4) is 44.9 Å². The lowest BCUT2D eigenvalue weighted by atomic mass is 9.91. The average Bonchev–Trinajstić information content (AvgIpc) is 3.56. The summed E-state index contributed by atoms with van der Waals surface area (Å²) >= 11 is 0. The highest BCUT2D eigenvalue weighted by molar-refractivity contribution is 6.22. The fourth-order valence-electron chi connectivity index (χ4n) is 7.54. The Hall–Kier alpha value is -6.32. The molecule has 1 aliphatic carbocycles. The van der Waals surface area contributed by atoms with E-state index in [4.69, 9.17) is 14.4 Å². The molecule has 0 N–H and O–H groups in total. The Morgan fingerprint density at radius 1 is 0.510 bits per heavy atom. The summed E-state index contributed by atoms with van der Waals surface area (Å²) in [7, 11) is 0. The molecule has 0 atom stereocenters. The van der Waals surface area contributed by atoms with Gasteiger partial charge in [-0.05, 0) is 69.8 Å². The smallest absolute Gasteiger partial charge is 0.161 e. The highest BCUT2D eigenvalue weighted by Crippen LogP contribution is 2.43. The van der Waals surface area contributed by atoms with Crippen molar-refractivity contribution in [3.63, 3.8) is 0 Å². The van der Waals surface area contributed by atoms with Gasteiger partial charge >= 0.3 is 0 Å². The van der Waals surface area contributed by atoms with E-state index in [1.165, 1.54) is 33.4 Å². The standard InChI is InChI=1S/C46H30N2O/c1-2-11-29(12-3-1)31-21-24-32(25-22-31)44-38-17-8-9-19-41(38)47-46(48-44)39-28-40-43-35(34-26-23-30-13-4-5-14-33(30)27-34)18-10-20-42(43)49-45(40)37-16-7-6-15-36(37)39/h1-4,6-13,15-28H,5,14H2. The van der Waals surface area contributed by atoms with Gasteiger partial charge in [0.2, 0.25) is 0 Å². The molecule has 0 aliphatic heterocycles. The SMILES string of the molecule is C1=Cc2ccc(-c3cccc4oc5c6ccccc6c(-c6nc(-c7ccc(-c8ccccc8)cc7)c7ccccc7n6)cc5c34)cc2CC1. The molecule has 3 nitrogen and oxygen atoms in total. The van der Waals surface area contributed by atoms with E-state index in [0.29, 0.717) is 5.82 Å². The second-order valence-corrected chi connectivity index (χ2v) is 12.8. The van der Waals surface area contributed by atoms with Gasteiger partial charge in [0.1, 0.15) is 11.2 Å². The first kappa shape index (κ1) is 27.8. The number of aryl methyl sites for hydroxylation is 1. The number of hydrogen-bond acceptors (Lipinski definition) is 3. The van der Waals surface area contributed by atoms with Crippen molar-refractivity contribution in [1.29, 1.82) is 0 Å². The Morgan fingerprint density at radius 2 is 1.24 bits per heavy atom. The maximum absolute atomic E-state index is 6.69. The lowest BCUT2D eigenvalue weighted by Gasteiger charge is -2.13. The highest BCUT2D eigenvalue weighted by atomic mass is 16.3. The van der Waals surface area contributed by atoms with E-state index in [1.54, 1.807) is 0 Å². The molecule has 0 bridgehead atoms. The first-order chi connectivity index (χ1) is 24.3. The summed E-state index contributed by atoms with van der Waals surface area (Å²) < 4.78 is 6.69. The van der Waals surface area contributed by atoms with Crippen LogP contribution >= 0.6 is 0 Å². The van der Waals surface area contributed by atoms with Crippen molar-refractivity contribution in [2.45, 2.75) is 12.8 Å². The van der Waals surface area contributed by atoms with Crippen LogP contribution in [0.25, 0.3) is 94.6 Å². The highest BCUT2D eigenvalue weighted by Gasteiger charge is 2.20. The predicted octanol–water partition coefficient (Wildman–Crippen LogP) is 12.3. The predicted molar refractivity (Wildman–Crippen MR) is 203 cm³/mol. The molecule has 2 aromatic heterocycles. The summed E-state index contributed by atoms with van der Waals surface area (Å²) in [5, 5.41) is 5.34. The van der Waals surface area contributed by atoms with Crippen molar-refractivity contribution in [2.24, 2.45) is 0 Å². The van der Waals surface area contributed by atoms with Crippen LogP contribution in [0.1, 0.15) is 17.5 Å². The molecule has 0 fully saturated rings. The Balaban J connectivity index is 1.21. The number of aromatic nitrogens is 2. The van der Waals surface area contributed by atoms with Crippen molar-refractivity contribution in [1.82, 2.24) is 9.97 Å². The fraction of sp³-hybridized carbons (Fsp3) is 0.0435. The van der Waals surface area contributed by atoms with E-state index in [2.05, 4.69) is 146 Å². The largest absolute Gasteiger partial charge is 0.455 e. The number of benzene rings is 7. The lowest BCUT2D eigenvalue weighted by Crippen LogP contribution is -1.96. The minimum atomic E-state index is 0.700. The summed E-state index contributed by atoms with van der Waals surface area (Å²) in [4.78, 5) is 10.5. The Kier molecular flexibility index (Phi) is 6.31. The van der Waals surface area contributed by atoms with Crippen LogP contribution in [0.15, 0.2) is 156 Å². The van der Waals surface area contributed by atoms with Gasteiger partial charge in [-0.2, -0.15) is 0 Å². The van der Waals surface area contributed by atoms with Gasteiger partial charge in [-0.1, -0.05) is 140 Å². The average molecular weight is 627 g/mol. The van der Waals surface area contributed by atoms with Crippen LogP contribution in [0.5, 0.6) is 0 Å². The number of nitrogens with zero attached hydrogens (tertiary/aromatic N) is 2. The first-order valence-corrected chi connectivity index (χ1v) is 16.9. The van der Waals surface area contributed by atoms with Gasteiger partial charge in [-0.3, -0.25) is 0 Å². The molecule has 0 radical (unpaired) electrons. The second kappa shape index (κ2) is 11.1. The number of para-hydroxylation sites is 1. The van der Waals surface area contributed by atoms with Crippen molar-refractivity contribution in [3.05, 3.63) is 163 Å². The van der Waals surface area contributed by atoms with Gasteiger partial charge in [-0.15, -0.1) is 0 Å². The summed E-state index contributed by atoms with van der Waals surface area (Å²) in [6.45, 7) is 0. The maximum atomic E-state index is 6.69. The zero-order chi connectivity index (χ0) is 32.3. The topological polar surface area (TPSA) is 38.9 Å². The summed E-state index contributed by atoms with van der Waals surface area (Å²) in [6.07, 6.45) is 6.64. The molecule has 3 heteroatoms. The van der Waals surface area contributed by atoms with E-state index < -0.39 is 0 Å². The van der Waals surface area contributed by atoms with Crippen molar-refractivity contribution < 1.29 is 4.42 Å².